The number of halogens is 1. The first kappa shape index (κ1) is 12.5. The lowest BCUT2D eigenvalue weighted by Crippen LogP contribution is -2.41. The van der Waals surface area contributed by atoms with Gasteiger partial charge in [0.2, 0.25) is 0 Å². The van der Waals surface area contributed by atoms with Crippen molar-refractivity contribution in [2.75, 3.05) is 13.2 Å². The van der Waals surface area contributed by atoms with E-state index in [9.17, 15) is 0 Å². The van der Waals surface area contributed by atoms with Crippen molar-refractivity contribution in [2.45, 2.75) is 25.4 Å². The van der Waals surface area contributed by atoms with Crippen LogP contribution in [0.2, 0.25) is 0 Å². The summed E-state index contributed by atoms with van der Waals surface area (Å²) in [7, 11) is 0. The zero-order chi connectivity index (χ0) is 10.0. The molecule has 0 saturated heterocycles. The molecule has 3 heteroatoms. The summed E-state index contributed by atoms with van der Waals surface area (Å²) in [6.45, 7) is 3.50. The molecule has 1 heterocycles. The molecule has 2 N–H and O–H groups in total. The van der Waals surface area contributed by atoms with Crippen molar-refractivity contribution in [1.82, 2.24) is 0 Å². The molecule has 0 aromatic heterocycles. The minimum Gasteiger partial charge on any atom is -0.369 e. The Balaban J connectivity index is 0.00000112. The minimum atomic E-state index is -0.227. The third-order valence-corrected chi connectivity index (χ3v) is 3.16. The van der Waals surface area contributed by atoms with Gasteiger partial charge < -0.3 is 10.5 Å². The van der Waals surface area contributed by atoms with E-state index in [0.29, 0.717) is 6.54 Å². The number of hydrogen-bond acceptors (Lipinski definition) is 2. The van der Waals surface area contributed by atoms with E-state index in [2.05, 4.69) is 31.2 Å². The van der Waals surface area contributed by atoms with Gasteiger partial charge in [0.25, 0.3) is 0 Å². The van der Waals surface area contributed by atoms with Crippen molar-refractivity contribution in [2.24, 2.45) is 5.73 Å². The molecule has 2 nitrogen and oxygen atoms in total. The van der Waals surface area contributed by atoms with Gasteiger partial charge in [0.15, 0.2) is 0 Å². The van der Waals surface area contributed by atoms with E-state index >= 15 is 0 Å². The molecule has 1 atom stereocenters. The van der Waals surface area contributed by atoms with Crippen molar-refractivity contribution in [3.8, 4) is 0 Å². The normalized spacial score (nSPS) is 24.1. The first-order chi connectivity index (χ1) is 6.82. The SMILES string of the molecule is CCC1(CN)OCCc2ccccc21.Cl. The number of hydrogen-bond donors (Lipinski definition) is 1. The van der Waals surface area contributed by atoms with Crippen LogP contribution in [0.25, 0.3) is 0 Å². The Labute approximate surface area is 97.2 Å². The zero-order valence-electron chi connectivity index (χ0n) is 9.03. The Morgan fingerprint density at radius 3 is 2.80 bits per heavy atom. The lowest BCUT2D eigenvalue weighted by molar-refractivity contribution is -0.0562. The van der Waals surface area contributed by atoms with Gasteiger partial charge >= 0.3 is 0 Å². The van der Waals surface area contributed by atoms with E-state index in [1.807, 2.05) is 0 Å². The van der Waals surface area contributed by atoms with E-state index in [1.54, 1.807) is 0 Å². The Hall–Kier alpha value is -0.570. The van der Waals surface area contributed by atoms with E-state index in [0.717, 1.165) is 19.4 Å². The van der Waals surface area contributed by atoms with Crippen molar-refractivity contribution in [3.63, 3.8) is 0 Å². The summed E-state index contributed by atoms with van der Waals surface area (Å²) in [5.74, 6) is 0. The number of ether oxygens (including phenoxy) is 1. The van der Waals surface area contributed by atoms with Gasteiger partial charge in [-0.2, -0.15) is 0 Å². The molecular weight excluding hydrogens is 210 g/mol. The van der Waals surface area contributed by atoms with Crippen LogP contribution in [0.3, 0.4) is 0 Å². The van der Waals surface area contributed by atoms with Gasteiger partial charge in [0, 0.05) is 6.54 Å². The molecule has 84 valence electrons. The highest BCUT2D eigenvalue weighted by Crippen LogP contribution is 2.34. The van der Waals surface area contributed by atoms with E-state index in [4.69, 9.17) is 10.5 Å². The topological polar surface area (TPSA) is 35.2 Å². The average Bonchev–Trinajstić information content (AvgIpc) is 2.28. The van der Waals surface area contributed by atoms with Crippen LogP contribution >= 0.6 is 12.4 Å². The lowest BCUT2D eigenvalue weighted by Gasteiger charge is -2.37. The maximum atomic E-state index is 5.87. The second-order valence-corrected chi connectivity index (χ2v) is 3.81. The predicted octanol–water partition coefficient (Wildman–Crippen LogP) is 2.25. The first-order valence-electron chi connectivity index (χ1n) is 5.25. The van der Waals surface area contributed by atoms with Gasteiger partial charge in [-0.25, -0.2) is 0 Å². The molecule has 0 spiro atoms. The summed E-state index contributed by atoms with van der Waals surface area (Å²) in [4.78, 5) is 0. The molecule has 15 heavy (non-hydrogen) atoms. The average molecular weight is 228 g/mol. The Bertz CT molecular complexity index is 323. The molecule has 1 aliphatic rings. The van der Waals surface area contributed by atoms with Crippen molar-refractivity contribution < 1.29 is 4.74 Å². The number of rotatable bonds is 2. The van der Waals surface area contributed by atoms with Crippen LogP contribution in [0.4, 0.5) is 0 Å². The number of benzene rings is 1. The first-order valence-corrected chi connectivity index (χ1v) is 5.25. The fourth-order valence-corrected chi connectivity index (χ4v) is 2.22. The van der Waals surface area contributed by atoms with Gasteiger partial charge in [0.1, 0.15) is 5.60 Å². The van der Waals surface area contributed by atoms with Crippen LogP contribution in [-0.4, -0.2) is 13.2 Å². The third-order valence-electron chi connectivity index (χ3n) is 3.16. The molecule has 1 unspecified atom stereocenters. The molecule has 0 amide bonds. The van der Waals surface area contributed by atoms with Crippen LogP contribution in [0.1, 0.15) is 24.5 Å². The summed E-state index contributed by atoms with van der Waals surface area (Å²) < 4.78 is 5.87. The highest BCUT2D eigenvalue weighted by atomic mass is 35.5. The van der Waals surface area contributed by atoms with Crippen LogP contribution in [0, 0.1) is 0 Å². The highest BCUT2D eigenvalue weighted by Gasteiger charge is 2.34. The smallest absolute Gasteiger partial charge is 0.105 e. The van der Waals surface area contributed by atoms with E-state index < -0.39 is 0 Å². The molecule has 2 rings (SSSR count). The quantitative estimate of drug-likeness (QED) is 0.841. The maximum absolute atomic E-state index is 5.87. The predicted molar refractivity (Wildman–Crippen MR) is 64.4 cm³/mol. The summed E-state index contributed by atoms with van der Waals surface area (Å²) in [5.41, 5.74) is 8.29. The Morgan fingerprint density at radius 2 is 2.13 bits per heavy atom. The Kier molecular flexibility index (Phi) is 4.14. The van der Waals surface area contributed by atoms with Gasteiger partial charge in [-0.05, 0) is 24.0 Å². The molecule has 1 aliphatic heterocycles. The highest BCUT2D eigenvalue weighted by molar-refractivity contribution is 5.85. The third kappa shape index (κ3) is 2.03. The van der Waals surface area contributed by atoms with Crippen LogP contribution < -0.4 is 5.73 Å². The Morgan fingerprint density at radius 1 is 1.40 bits per heavy atom. The standard InChI is InChI=1S/C12H17NO.ClH/c1-2-12(9-13)11-6-4-3-5-10(11)7-8-14-12;/h3-6H,2,7-9,13H2,1H3;1H. The van der Waals surface area contributed by atoms with E-state index in [-0.39, 0.29) is 18.0 Å². The lowest BCUT2D eigenvalue weighted by atomic mass is 9.84. The summed E-state index contributed by atoms with van der Waals surface area (Å²) >= 11 is 0. The number of fused-ring (bicyclic) bond motifs is 1. The van der Waals surface area contributed by atoms with Gasteiger partial charge in [-0.1, -0.05) is 31.2 Å². The van der Waals surface area contributed by atoms with Crippen molar-refractivity contribution in [3.05, 3.63) is 35.4 Å². The largest absolute Gasteiger partial charge is 0.369 e. The van der Waals surface area contributed by atoms with Gasteiger partial charge in [-0.15, -0.1) is 12.4 Å². The molecule has 0 saturated carbocycles. The molecule has 0 radical (unpaired) electrons. The van der Waals surface area contributed by atoms with Gasteiger partial charge in [-0.3, -0.25) is 0 Å². The van der Waals surface area contributed by atoms with Gasteiger partial charge in [0.05, 0.1) is 6.61 Å². The monoisotopic (exact) mass is 227 g/mol. The summed E-state index contributed by atoms with van der Waals surface area (Å²) in [6, 6.07) is 8.47. The molecule has 0 fully saturated rings. The maximum Gasteiger partial charge on any atom is 0.105 e. The second kappa shape index (κ2) is 4.97. The second-order valence-electron chi connectivity index (χ2n) is 3.81. The van der Waals surface area contributed by atoms with Crippen LogP contribution in [0.5, 0.6) is 0 Å². The summed E-state index contributed by atoms with van der Waals surface area (Å²) in [6.07, 6.45) is 1.96. The molecule has 0 bridgehead atoms. The zero-order valence-corrected chi connectivity index (χ0v) is 9.85. The van der Waals surface area contributed by atoms with E-state index in [1.165, 1.54) is 11.1 Å². The van der Waals surface area contributed by atoms with Crippen LogP contribution in [-0.2, 0) is 16.8 Å². The molecule has 1 aromatic rings. The van der Waals surface area contributed by atoms with Crippen molar-refractivity contribution >= 4 is 12.4 Å². The molecule has 0 aliphatic carbocycles. The van der Waals surface area contributed by atoms with Crippen LogP contribution in [0.15, 0.2) is 24.3 Å². The fraction of sp³-hybridized carbons (Fsp3) is 0.500. The number of nitrogens with two attached hydrogens (primary N) is 1. The molecule has 1 aromatic carbocycles. The minimum absolute atomic E-state index is 0. The fourth-order valence-electron chi connectivity index (χ4n) is 2.22. The molecular formula is C12H18ClNO. The van der Waals surface area contributed by atoms with Crippen molar-refractivity contribution in [1.29, 1.82) is 0 Å². The summed E-state index contributed by atoms with van der Waals surface area (Å²) in [5, 5.41) is 0.